The number of hydrogen-bond acceptors (Lipinski definition) is 9. The van der Waals surface area contributed by atoms with Crippen molar-refractivity contribution in [2.75, 3.05) is 12.3 Å². The van der Waals surface area contributed by atoms with E-state index in [1.165, 1.54) is 17.1 Å². The Morgan fingerprint density at radius 3 is 2.96 bits per heavy atom. The number of phenols is 1. The third kappa shape index (κ3) is 4.51. The number of aryl methyl sites for hydroxylation is 1. The van der Waals surface area contributed by atoms with Crippen molar-refractivity contribution in [2.24, 2.45) is 0 Å². The van der Waals surface area contributed by atoms with E-state index in [4.69, 9.17) is 0 Å². The molecule has 0 radical (unpaired) electrons. The molecular weight excluding hydrogens is 362 g/mol. The Kier molecular flexibility index (Phi) is 5.56. The first-order chi connectivity index (χ1) is 12.1. The Morgan fingerprint density at radius 2 is 2.28 bits per heavy atom. The van der Waals surface area contributed by atoms with E-state index >= 15 is 0 Å². The van der Waals surface area contributed by atoms with Gasteiger partial charge in [-0.2, -0.15) is 0 Å². The monoisotopic (exact) mass is 377 g/mol. The summed E-state index contributed by atoms with van der Waals surface area (Å²) < 4.78 is 2.33. The lowest BCUT2D eigenvalue weighted by Crippen LogP contribution is -2.24. The summed E-state index contributed by atoms with van der Waals surface area (Å²) in [5.41, 5.74) is 0.784. The number of carbonyl (C=O) groups excluding carboxylic acids is 1. The van der Waals surface area contributed by atoms with E-state index in [1.54, 1.807) is 35.2 Å². The van der Waals surface area contributed by atoms with Crippen LogP contribution in [-0.2, 0) is 0 Å². The molecule has 25 heavy (non-hydrogen) atoms. The lowest BCUT2D eigenvalue weighted by atomic mass is 10.1. The van der Waals surface area contributed by atoms with Gasteiger partial charge in [0.15, 0.2) is 4.34 Å². The molecule has 0 aliphatic heterocycles. The first-order valence-corrected chi connectivity index (χ1v) is 9.21. The first-order valence-electron chi connectivity index (χ1n) is 7.41. The average molecular weight is 377 g/mol. The number of amides is 1. The highest BCUT2D eigenvalue weighted by molar-refractivity contribution is 8.01. The summed E-state index contributed by atoms with van der Waals surface area (Å²) >= 11 is 3.17. The van der Waals surface area contributed by atoms with Gasteiger partial charge in [-0.1, -0.05) is 23.1 Å². The quantitative estimate of drug-likeness (QED) is 0.469. The Balaban J connectivity index is 1.48. The fraction of sp³-hybridized carbons (Fsp3) is 0.286. The van der Waals surface area contributed by atoms with Crippen molar-refractivity contribution >= 4 is 29.0 Å². The van der Waals surface area contributed by atoms with Gasteiger partial charge in [-0.15, -0.1) is 15.3 Å². The molecule has 3 aromatic rings. The van der Waals surface area contributed by atoms with Crippen LogP contribution in [-0.4, -0.2) is 53.7 Å². The lowest BCUT2D eigenvalue weighted by Gasteiger charge is -2.08. The average Bonchev–Trinajstić information content (AvgIpc) is 3.26. The number of nitrogens with zero attached hydrogens (tertiary/aromatic N) is 6. The Hall–Kier alpha value is -2.53. The lowest BCUT2D eigenvalue weighted by molar-refractivity contribution is 0.0951. The number of hydrogen-bond donors (Lipinski definition) is 2. The fourth-order valence-corrected chi connectivity index (χ4v) is 3.83. The molecule has 0 bridgehead atoms. The van der Waals surface area contributed by atoms with Crippen LogP contribution in [0.1, 0.15) is 21.8 Å². The predicted octanol–water partition coefficient (Wildman–Crippen LogP) is 1.44. The second kappa shape index (κ2) is 8.03. The van der Waals surface area contributed by atoms with E-state index in [2.05, 4.69) is 31.0 Å². The van der Waals surface area contributed by atoms with Crippen molar-refractivity contribution in [3.63, 3.8) is 0 Å². The number of phenolic OH excluding ortho intramolecular Hbond substituents is 1. The molecule has 0 unspecified atom stereocenters. The maximum Gasteiger partial charge on any atom is 0.255 e. The molecule has 11 heteroatoms. The molecule has 130 valence electrons. The topological polar surface area (TPSA) is 119 Å². The third-order valence-corrected chi connectivity index (χ3v) is 5.24. The normalized spacial score (nSPS) is 10.8. The van der Waals surface area contributed by atoms with Crippen LogP contribution in [0.5, 0.6) is 5.75 Å². The number of benzene rings is 1. The van der Waals surface area contributed by atoms with Crippen molar-refractivity contribution < 1.29 is 9.90 Å². The van der Waals surface area contributed by atoms with Crippen LogP contribution < -0.4 is 5.32 Å². The van der Waals surface area contributed by atoms with E-state index in [-0.39, 0.29) is 17.2 Å². The van der Waals surface area contributed by atoms with Crippen LogP contribution in [0, 0.1) is 6.92 Å². The molecule has 1 amide bonds. The molecular formula is C14H15N7O2S2. The van der Waals surface area contributed by atoms with Gasteiger partial charge in [0.1, 0.15) is 17.1 Å². The number of nitrogens with one attached hydrogen (secondary N) is 1. The van der Waals surface area contributed by atoms with Crippen LogP contribution in [0.3, 0.4) is 0 Å². The van der Waals surface area contributed by atoms with Gasteiger partial charge in [-0.25, -0.2) is 4.68 Å². The van der Waals surface area contributed by atoms with Gasteiger partial charge < -0.3 is 10.4 Å². The van der Waals surface area contributed by atoms with Gasteiger partial charge in [-0.05, 0) is 35.9 Å². The number of rotatable bonds is 7. The highest BCUT2D eigenvalue weighted by Gasteiger charge is 2.12. The molecule has 0 spiro atoms. The van der Waals surface area contributed by atoms with E-state index in [0.717, 1.165) is 21.5 Å². The molecule has 0 saturated carbocycles. The van der Waals surface area contributed by atoms with Crippen molar-refractivity contribution in [3.05, 3.63) is 35.1 Å². The zero-order valence-electron chi connectivity index (χ0n) is 13.3. The van der Waals surface area contributed by atoms with Crippen LogP contribution in [0.15, 0.2) is 28.9 Å². The van der Waals surface area contributed by atoms with Crippen molar-refractivity contribution in [3.8, 4) is 11.4 Å². The molecule has 1 aromatic carbocycles. The van der Waals surface area contributed by atoms with Crippen LogP contribution in [0.2, 0.25) is 0 Å². The Morgan fingerprint density at radius 1 is 1.40 bits per heavy atom. The highest BCUT2D eigenvalue weighted by Crippen LogP contribution is 2.22. The summed E-state index contributed by atoms with van der Waals surface area (Å²) in [6.45, 7) is 2.43. The summed E-state index contributed by atoms with van der Waals surface area (Å²) in [7, 11) is 0. The molecule has 0 fully saturated rings. The van der Waals surface area contributed by atoms with Crippen LogP contribution in [0.25, 0.3) is 5.69 Å². The summed E-state index contributed by atoms with van der Waals surface area (Å²) in [6, 6.07) is 4.65. The SMILES string of the molecule is Cc1nnc(SCCCNC(=O)c2ccc(-n3cnnn3)cc2O)s1. The smallest absolute Gasteiger partial charge is 0.255 e. The van der Waals surface area contributed by atoms with Crippen molar-refractivity contribution in [1.82, 2.24) is 35.7 Å². The molecule has 0 saturated heterocycles. The third-order valence-electron chi connectivity index (χ3n) is 3.18. The number of carbonyl (C=O) groups is 1. The van der Waals surface area contributed by atoms with Gasteiger partial charge in [0.25, 0.3) is 5.91 Å². The Labute approximate surface area is 151 Å². The van der Waals surface area contributed by atoms with Crippen LogP contribution in [0.4, 0.5) is 0 Å². The minimum absolute atomic E-state index is 0.121. The van der Waals surface area contributed by atoms with E-state index < -0.39 is 0 Å². The molecule has 2 heterocycles. The zero-order chi connectivity index (χ0) is 17.6. The zero-order valence-corrected chi connectivity index (χ0v) is 14.9. The largest absolute Gasteiger partial charge is 0.507 e. The summed E-state index contributed by atoms with van der Waals surface area (Å²) in [4.78, 5) is 12.2. The van der Waals surface area contributed by atoms with Crippen molar-refractivity contribution in [1.29, 1.82) is 0 Å². The minimum atomic E-state index is -0.322. The van der Waals surface area contributed by atoms with E-state index in [0.29, 0.717) is 12.2 Å². The maximum atomic E-state index is 12.2. The second-order valence-corrected chi connectivity index (χ2v) is 7.52. The number of thioether (sulfide) groups is 1. The van der Waals surface area contributed by atoms with Gasteiger partial charge in [0.2, 0.25) is 0 Å². The summed E-state index contributed by atoms with van der Waals surface area (Å²) in [6.07, 6.45) is 2.20. The molecule has 0 atom stereocenters. The minimum Gasteiger partial charge on any atom is -0.507 e. The summed E-state index contributed by atoms with van der Waals surface area (Å²) in [5, 5.41) is 32.6. The van der Waals surface area contributed by atoms with E-state index in [1.807, 2.05) is 6.92 Å². The molecule has 2 aromatic heterocycles. The van der Waals surface area contributed by atoms with E-state index in [9.17, 15) is 9.90 Å². The number of aromatic hydroxyl groups is 1. The standard InChI is InChI=1S/C14H15N7O2S2/c1-9-17-18-14(25-9)24-6-2-5-15-13(23)11-4-3-10(7-12(11)22)21-8-16-19-20-21/h3-4,7-8,22H,2,5-6H2,1H3,(H,15,23). The van der Waals surface area contributed by atoms with Gasteiger partial charge in [0, 0.05) is 18.4 Å². The Bertz CT molecular complexity index is 851. The molecule has 9 nitrogen and oxygen atoms in total. The second-order valence-electron chi connectivity index (χ2n) is 5.00. The summed E-state index contributed by atoms with van der Waals surface area (Å²) in [5.74, 6) is 0.390. The highest BCUT2D eigenvalue weighted by atomic mass is 32.2. The number of aromatic nitrogens is 6. The molecule has 3 rings (SSSR count). The van der Waals surface area contributed by atoms with Gasteiger partial charge in [0.05, 0.1) is 11.3 Å². The van der Waals surface area contributed by atoms with Gasteiger partial charge in [-0.3, -0.25) is 4.79 Å². The van der Waals surface area contributed by atoms with Gasteiger partial charge >= 0.3 is 0 Å². The molecule has 0 aliphatic rings. The van der Waals surface area contributed by atoms with Crippen LogP contribution >= 0.6 is 23.1 Å². The predicted molar refractivity (Wildman–Crippen MR) is 93.1 cm³/mol. The number of tetrazole rings is 1. The fourth-order valence-electron chi connectivity index (χ4n) is 2.00. The van der Waals surface area contributed by atoms with Crippen molar-refractivity contribution in [2.45, 2.75) is 17.7 Å². The molecule has 2 N–H and O–H groups in total. The molecule has 0 aliphatic carbocycles. The first kappa shape index (κ1) is 17.3. The maximum absolute atomic E-state index is 12.2.